The predicted molar refractivity (Wildman–Crippen MR) is 29.8 cm³/mol. The molecule has 0 saturated carbocycles. The van der Waals surface area contributed by atoms with Crippen LogP contribution < -0.4 is 103 Å². The van der Waals surface area contributed by atoms with Crippen molar-refractivity contribution >= 4 is 0 Å². The van der Waals surface area contributed by atoms with Crippen molar-refractivity contribution in [1.29, 1.82) is 31.6 Å². The molecule has 0 aromatic rings. The molecule has 67 valence electrons. The summed E-state index contributed by atoms with van der Waals surface area (Å²) in [5.41, 5.74) is 0. The molecular formula is C6K2MnN6-4. The average molecular weight is 289 g/mol. The van der Waals surface area contributed by atoms with Crippen molar-refractivity contribution in [2.75, 3.05) is 0 Å². The summed E-state index contributed by atoms with van der Waals surface area (Å²) < 4.78 is 0. The van der Waals surface area contributed by atoms with Crippen LogP contribution in [0.15, 0.2) is 0 Å². The normalized spacial score (nSPS) is 0.800. The summed E-state index contributed by atoms with van der Waals surface area (Å²) in [6.45, 7) is 28.5. The third-order valence-electron chi connectivity index (χ3n) is 0. The van der Waals surface area contributed by atoms with E-state index in [2.05, 4.69) is 0 Å². The molecule has 0 aromatic heterocycles. The summed E-state index contributed by atoms with van der Waals surface area (Å²) >= 11 is 0. The summed E-state index contributed by atoms with van der Waals surface area (Å²) in [5.74, 6) is 0. The van der Waals surface area contributed by atoms with Gasteiger partial charge < -0.3 is 71.0 Å². The topological polar surface area (TPSA) is 143 Å². The molecule has 0 rings (SSSR count). The zero-order valence-corrected chi connectivity index (χ0v) is 15.5. The third-order valence-corrected chi connectivity index (χ3v) is 0. The first kappa shape index (κ1) is 75.3. The van der Waals surface area contributed by atoms with Crippen molar-refractivity contribution in [3.05, 3.63) is 39.4 Å². The summed E-state index contributed by atoms with van der Waals surface area (Å²) in [5, 5.41) is 37.5. The second kappa shape index (κ2) is 5180. The van der Waals surface area contributed by atoms with Gasteiger partial charge in [0.1, 0.15) is 0 Å². The summed E-state index contributed by atoms with van der Waals surface area (Å²) in [4.78, 5) is 0. The average Bonchev–Trinajstić information content (AvgIpc) is 2.33. The number of hydrogen-bond donors (Lipinski definition) is 0. The van der Waals surface area contributed by atoms with Crippen LogP contribution in [0.2, 0.25) is 0 Å². The van der Waals surface area contributed by atoms with Gasteiger partial charge in [0.25, 0.3) is 0 Å². The second-order valence-electron chi connectivity index (χ2n) is 0. The van der Waals surface area contributed by atoms with Crippen molar-refractivity contribution in [2.45, 2.75) is 0 Å². The van der Waals surface area contributed by atoms with Crippen molar-refractivity contribution in [1.82, 2.24) is 0 Å². The van der Waals surface area contributed by atoms with Crippen molar-refractivity contribution in [3.63, 3.8) is 0 Å². The maximum atomic E-state index is 6.25. The molecule has 6 nitrogen and oxygen atoms in total. The second-order valence-corrected chi connectivity index (χ2v) is 0. The Labute approximate surface area is 186 Å². The van der Waals surface area contributed by atoms with Crippen LogP contribution in [-0.4, -0.2) is 0 Å². The van der Waals surface area contributed by atoms with Gasteiger partial charge in [0, 0.05) is 17.1 Å². The molecule has 1 radical (unpaired) electrons. The summed E-state index contributed by atoms with van der Waals surface area (Å²) in [6, 6.07) is 0. The zero-order valence-electron chi connectivity index (χ0n) is 8.06. The van der Waals surface area contributed by atoms with Gasteiger partial charge in [-0.05, 0) is 0 Å². The standard InChI is InChI=1S/6CN.2K.Mn/c6*1-2;;;/q6*-1;2*+1;. The van der Waals surface area contributed by atoms with Crippen LogP contribution >= 0.6 is 0 Å². The molecule has 0 atom stereocenters. The van der Waals surface area contributed by atoms with Crippen LogP contribution in [0.25, 0.3) is 0 Å². The minimum absolute atomic E-state index is 0. The summed E-state index contributed by atoms with van der Waals surface area (Å²) in [7, 11) is 0. The molecule has 0 fully saturated rings. The molecule has 0 N–H and O–H groups in total. The summed E-state index contributed by atoms with van der Waals surface area (Å²) in [6.07, 6.45) is 0. The van der Waals surface area contributed by atoms with Crippen LogP contribution in [-0.2, 0) is 17.1 Å². The Morgan fingerprint density at radius 3 is 0.333 bits per heavy atom. The Bertz CT molecular complexity index is 101. The van der Waals surface area contributed by atoms with Crippen LogP contribution in [0.3, 0.4) is 0 Å². The van der Waals surface area contributed by atoms with E-state index in [-0.39, 0.29) is 120 Å². The SMILES string of the molecule is [C-]#N.[C-]#N.[C-]#N.[C-]#N.[C-]#N.[C-]#N.[K+].[K+].[Mn]. The molecule has 0 amide bonds. The molecule has 0 heterocycles. The molecule has 0 saturated heterocycles. The van der Waals surface area contributed by atoms with Crippen LogP contribution in [0.4, 0.5) is 0 Å². The number of nitrogens with zero attached hydrogens (tertiary/aromatic N) is 6. The quantitative estimate of drug-likeness (QED) is 0.321. The first-order chi connectivity index (χ1) is 6.00. The zero-order chi connectivity index (χ0) is 12.0. The molecule has 9 heteroatoms. The molecule has 0 aromatic carbocycles. The van der Waals surface area contributed by atoms with Crippen molar-refractivity contribution in [3.8, 4) is 0 Å². The molecule has 0 bridgehead atoms. The first-order valence-corrected chi connectivity index (χ1v) is 1.34. The first-order valence-electron chi connectivity index (χ1n) is 1.34. The minimum atomic E-state index is 0. The minimum Gasteiger partial charge on any atom is -0.512 e. The molecule has 0 unspecified atom stereocenters. The van der Waals surface area contributed by atoms with E-state index in [1.807, 2.05) is 0 Å². The van der Waals surface area contributed by atoms with E-state index in [0.717, 1.165) is 0 Å². The number of rotatable bonds is 0. The Kier molecular flexibility index (Phi) is 26000. The fourth-order valence-corrected chi connectivity index (χ4v) is 0. The largest absolute Gasteiger partial charge is 1.00 e. The van der Waals surface area contributed by atoms with E-state index in [1.165, 1.54) is 0 Å². The van der Waals surface area contributed by atoms with E-state index < -0.39 is 0 Å². The van der Waals surface area contributed by atoms with Gasteiger partial charge in [-0.1, -0.05) is 0 Å². The van der Waals surface area contributed by atoms with E-state index >= 15 is 0 Å². The van der Waals surface area contributed by atoms with Gasteiger partial charge in [0.05, 0.1) is 0 Å². The predicted octanol–water partition coefficient (Wildman–Crippen LogP) is -5.42. The maximum absolute atomic E-state index is 6.25. The van der Waals surface area contributed by atoms with Crippen LogP contribution in [0.5, 0.6) is 0 Å². The monoisotopic (exact) mass is 289 g/mol. The Hall–Kier alpha value is 0.732. The van der Waals surface area contributed by atoms with Gasteiger partial charge in [-0.2, -0.15) is 0 Å². The molecule has 0 aliphatic rings. The van der Waals surface area contributed by atoms with Gasteiger partial charge >= 0.3 is 103 Å². The smallest absolute Gasteiger partial charge is 0.512 e. The van der Waals surface area contributed by atoms with E-state index in [1.54, 1.807) is 0 Å². The van der Waals surface area contributed by atoms with Crippen molar-refractivity contribution < 1.29 is 120 Å². The van der Waals surface area contributed by atoms with Crippen LogP contribution in [0, 0.1) is 71.0 Å². The van der Waals surface area contributed by atoms with Gasteiger partial charge in [-0.3, -0.25) is 0 Å². The van der Waals surface area contributed by atoms with Crippen molar-refractivity contribution in [2.24, 2.45) is 0 Å². The molecule has 0 aliphatic heterocycles. The van der Waals surface area contributed by atoms with E-state index in [4.69, 9.17) is 71.0 Å². The fourth-order valence-electron chi connectivity index (χ4n) is 0. The Morgan fingerprint density at radius 1 is 0.333 bits per heavy atom. The van der Waals surface area contributed by atoms with Gasteiger partial charge in [-0.15, -0.1) is 0 Å². The molecular weight excluding hydrogens is 289 g/mol. The van der Waals surface area contributed by atoms with E-state index in [0.29, 0.717) is 0 Å². The Morgan fingerprint density at radius 2 is 0.333 bits per heavy atom. The fraction of sp³-hybridized carbons (Fsp3) is 0. The number of hydrogen-bond acceptors (Lipinski definition) is 6. The third kappa shape index (κ3) is 4450. The van der Waals surface area contributed by atoms with Gasteiger partial charge in [0.2, 0.25) is 0 Å². The Balaban J connectivity index is -0.00000000396. The van der Waals surface area contributed by atoms with Crippen LogP contribution in [0.1, 0.15) is 0 Å². The molecule has 0 spiro atoms. The van der Waals surface area contributed by atoms with E-state index in [9.17, 15) is 0 Å². The molecule has 0 aliphatic carbocycles. The van der Waals surface area contributed by atoms with Gasteiger partial charge in [-0.25, -0.2) is 0 Å². The van der Waals surface area contributed by atoms with Gasteiger partial charge in [0.15, 0.2) is 0 Å². The maximum Gasteiger partial charge on any atom is 1.00 e. The molecule has 15 heavy (non-hydrogen) atoms.